The normalized spacial score (nSPS) is 12.3. The van der Waals surface area contributed by atoms with E-state index in [1.54, 1.807) is 0 Å². The molecule has 114 valence electrons. The molecule has 0 aliphatic carbocycles. The molecule has 3 aromatic rings. The molecular formula is C19H15NO3. The van der Waals surface area contributed by atoms with E-state index in [9.17, 15) is 4.79 Å². The Balaban J connectivity index is 1.53. The topological polar surface area (TPSA) is 47.6 Å². The minimum atomic E-state index is -0.0838. The van der Waals surface area contributed by atoms with Crippen molar-refractivity contribution in [2.75, 3.05) is 6.79 Å². The van der Waals surface area contributed by atoms with Crippen LogP contribution in [0.15, 0.2) is 60.7 Å². The maximum absolute atomic E-state index is 12.5. The fraction of sp³-hybridized carbons (Fsp3) is 0.105. The van der Waals surface area contributed by atoms with Crippen molar-refractivity contribution >= 4 is 16.7 Å². The van der Waals surface area contributed by atoms with Crippen LogP contribution in [-0.2, 0) is 6.54 Å². The quantitative estimate of drug-likeness (QED) is 0.805. The van der Waals surface area contributed by atoms with Crippen LogP contribution in [0, 0.1) is 0 Å². The van der Waals surface area contributed by atoms with Crippen molar-refractivity contribution in [1.29, 1.82) is 0 Å². The first kappa shape index (κ1) is 13.6. The number of nitrogens with one attached hydrogen (secondary N) is 1. The molecule has 0 aromatic heterocycles. The molecule has 0 saturated carbocycles. The third-order valence-electron chi connectivity index (χ3n) is 3.92. The maximum atomic E-state index is 12.5. The summed E-state index contributed by atoms with van der Waals surface area (Å²) in [5.74, 6) is 1.38. The Morgan fingerprint density at radius 2 is 1.78 bits per heavy atom. The fourth-order valence-corrected chi connectivity index (χ4v) is 2.75. The molecule has 0 unspecified atom stereocenters. The highest BCUT2D eigenvalue weighted by atomic mass is 16.7. The largest absolute Gasteiger partial charge is 0.454 e. The SMILES string of the molecule is O=C(NCc1ccc2c(c1)OCO2)c1cccc2ccccc12. The molecule has 4 heteroatoms. The molecule has 1 amide bonds. The van der Waals surface area contributed by atoms with Crippen molar-refractivity contribution in [3.8, 4) is 11.5 Å². The van der Waals surface area contributed by atoms with Crippen LogP contribution in [0.5, 0.6) is 11.5 Å². The standard InChI is InChI=1S/C19H15NO3/c21-19(16-7-3-5-14-4-1-2-6-15(14)16)20-11-13-8-9-17-18(10-13)23-12-22-17/h1-10H,11-12H2,(H,20,21). The number of rotatable bonds is 3. The fourth-order valence-electron chi connectivity index (χ4n) is 2.75. The van der Waals surface area contributed by atoms with Gasteiger partial charge in [0.2, 0.25) is 6.79 Å². The number of amides is 1. The van der Waals surface area contributed by atoms with E-state index in [0.29, 0.717) is 12.1 Å². The number of hydrogen-bond donors (Lipinski definition) is 1. The highest BCUT2D eigenvalue weighted by Gasteiger charge is 2.14. The summed E-state index contributed by atoms with van der Waals surface area (Å²) in [5.41, 5.74) is 1.66. The Labute approximate surface area is 133 Å². The first-order valence-electron chi connectivity index (χ1n) is 7.46. The molecule has 4 rings (SSSR count). The van der Waals surface area contributed by atoms with E-state index in [0.717, 1.165) is 27.8 Å². The monoisotopic (exact) mass is 305 g/mol. The van der Waals surface area contributed by atoms with Gasteiger partial charge in [-0.15, -0.1) is 0 Å². The van der Waals surface area contributed by atoms with Crippen molar-refractivity contribution in [2.24, 2.45) is 0 Å². The lowest BCUT2D eigenvalue weighted by molar-refractivity contribution is 0.0952. The third kappa shape index (κ3) is 2.59. The molecule has 0 saturated heterocycles. The summed E-state index contributed by atoms with van der Waals surface area (Å²) >= 11 is 0. The van der Waals surface area contributed by atoms with Crippen molar-refractivity contribution < 1.29 is 14.3 Å². The predicted molar refractivity (Wildman–Crippen MR) is 87.7 cm³/mol. The summed E-state index contributed by atoms with van der Waals surface area (Å²) in [4.78, 5) is 12.5. The van der Waals surface area contributed by atoms with E-state index in [1.165, 1.54) is 0 Å². The minimum Gasteiger partial charge on any atom is -0.454 e. The minimum absolute atomic E-state index is 0.0838. The van der Waals surface area contributed by atoms with Crippen LogP contribution >= 0.6 is 0 Å². The second-order valence-corrected chi connectivity index (χ2v) is 5.40. The van der Waals surface area contributed by atoms with E-state index in [-0.39, 0.29) is 12.7 Å². The van der Waals surface area contributed by atoms with Crippen molar-refractivity contribution in [3.05, 3.63) is 71.8 Å². The highest BCUT2D eigenvalue weighted by Crippen LogP contribution is 2.32. The Bertz CT molecular complexity index is 883. The lowest BCUT2D eigenvalue weighted by Gasteiger charge is -2.08. The Kier molecular flexibility index (Phi) is 3.35. The van der Waals surface area contributed by atoms with Gasteiger partial charge in [-0.1, -0.05) is 42.5 Å². The van der Waals surface area contributed by atoms with Gasteiger partial charge in [-0.3, -0.25) is 4.79 Å². The summed E-state index contributed by atoms with van der Waals surface area (Å²) < 4.78 is 10.6. The smallest absolute Gasteiger partial charge is 0.252 e. The molecular weight excluding hydrogens is 290 g/mol. The number of carbonyl (C=O) groups excluding carboxylic acids is 1. The van der Waals surface area contributed by atoms with Crippen LogP contribution in [0.3, 0.4) is 0 Å². The lowest BCUT2D eigenvalue weighted by atomic mass is 10.0. The second kappa shape index (κ2) is 5.65. The zero-order valence-corrected chi connectivity index (χ0v) is 12.4. The average molecular weight is 305 g/mol. The summed E-state index contributed by atoms with van der Waals surface area (Å²) in [7, 11) is 0. The van der Waals surface area contributed by atoms with Gasteiger partial charge in [-0.2, -0.15) is 0 Å². The summed E-state index contributed by atoms with van der Waals surface area (Å²) in [6.45, 7) is 0.694. The van der Waals surface area contributed by atoms with Gasteiger partial charge in [-0.05, 0) is 34.5 Å². The molecule has 0 atom stereocenters. The predicted octanol–water partition coefficient (Wildman–Crippen LogP) is 3.50. The molecule has 1 aliphatic heterocycles. The second-order valence-electron chi connectivity index (χ2n) is 5.40. The molecule has 4 nitrogen and oxygen atoms in total. The van der Waals surface area contributed by atoms with E-state index >= 15 is 0 Å². The number of ether oxygens (including phenoxy) is 2. The molecule has 0 fully saturated rings. The van der Waals surface area contributed by atoms with Crippen molar-refractivity contribution in [1.82, 2.24) is 5.32 Å². The van der Waals surface area contributed by atoms with Gasteiger partial charge in [0.15, 0.2) is 11.5 Å². The van der Waals surface area contributed by atoms with E-state index < -0.39 is 0 Å². The molecule has 23 heavy (non-hydrogen) atoms. The molecule has 3 aromatic carbocycles. The highest BCUT2D eigenvalue weighted by molar-refractivity contribution is 6.06. The zero-order chi connectivity index (χ0) is 15.6. The van der Waals surface area contributed by atoms with Gasteiger partial charge in [0.1, 0.15) is 0 Å². The average Bonchev–Trinajstić information content (AvgIpc) is 3.07. The van der Waals surface area contributed by atoms with Gasteiger partial charge in [0, 0.05) is 12.1 Å². The van der Waals surface area contributed by atoms with Gasteiger partial charge >= 0.3 is 0 Å². The molecule has 1 N–H and O–H groups in total. The third-order valence-corrected chi connectivity index (χ3v) is 3.92. The van der Waals surface area contributed by atoms with Crippen LogP contribution < -0.4 is 14.8 Å². The number of fused-ring (bicyclic) bond motifs is 2. The first-order chi connectivity index (χ1) is 11.3. The van der Waals surface area contributed by atoms with Crippen molar-refractivity contribution in [2.45, 2.75) is 6.54 Å². The summed E-state index contributed by atoms with van der Waals surface area (Å²) in [5, 5.41) is 4.98. The number of benzene rings is 3. The van der Waals surface area contributed by atoms with Crippen LogP contribution in [0.1, 0.15) is 15.9 Å². The van der Waals surface area contributed by atoms with E-state index in [1.807, 2.05) is 60.7 Å². The Morgan fingerprint density at radius 1 is 0.957 bits per heavy atom. The molecule has 1 aliphatic rings. The van der Waals surface area contributed by atoms with Crippen LogP contribution in [-0.4, -0.2) is 12.7 Å². The van der Waals surface area contributed by atoms with Gasteiger partial charge in [0.05, 0.1) is 0 Å². The van der Waals surface area contributed by atoms with E-state index in [4.69, 9.17) is 9.47 Å². The maximum Gasteiger partial charge on any atom is 0.252 e. The molecule has 0 bridgehead atoms. The molecule has 0 spiro atoms. The van der Waals surface area contributed by atoms with Crippen LogP contribution in [0.4, 0.5) is 0 Å². The van der Waals surface area contributed by atoms with Gasteiger partial charge in [0.25, 0.3) is 5.91 Å². The van der Waals surface area contributed by atoms with E-state index in [2.05, 4.69) is 5.32 Å². The van der Waals surface area contributed by atoms with Gasteiger partial charge < -0.3 is 14.8 Å². The van der Waals surface area contributed by atoms with Crippen LogP contribution in [0.25, 0.3) is 10.8 Å². The van der Waals surface area contributed by atoms with Gasteiger partial charge in [-0.25, -0.2) is 0 Å². The van der Waals surface area contributed by atoms with Crippen LogP contribution in [0.2, 0.25) is 0 Å². The lowest BCUT2D eigenvalue weighted by Crippen LogP contribution is -2.22. The first-order valence-corrected chi connectivity index (χ1v) is 7.46. The Hall–Kier alpha value is -3.01. The van der Waals surface area contributed by atoms with Crippen molar-refractivity contribution in [3.63, 3.8) is 0 Å². The summed E-state index contributed by atoms with van der Waals surface area (Å²) in [6.07, 6.45) is 0. The summed E-state index contributed by atoms with van der Waals surface area (Å²) in [6, 6.07) is 19.3. The number of carbonyl (C=O) groups is 1. The zero-order valence-electron chi connectivity index (χ0n) is 12.4. The Morgan fingerprint density at radius 3 is 2.74 bits per heavy atom. The molecule has 1 heterocycles. The molecule has 0 radical (unpaired) electrons. The number of hydrogen-bond acceptors (Lipinski definition) is 3.